The Morgan fingerprint density at radius 2 is 2.00 bits per heavy atom. The van der Waals surface area contributed by atoms with Crippen LogP contribution in [0.2, 0.25) is 0 Å². The highest BCUT2D eigenvalue weighted by atomic mass is 35.5. The molecule has 0 spiro atoms. The number of amides is 1. The molecule has 0 saturated carbocycles. The second-order valence-electron chi connectivity index (χ2n) is 4.31. The molecule has 1 aromatic rings. The molecule has 0 bridgehead atoms. The van der Waals surface area contributed by atoms with E-state index in [0.717, 1.165) is 25.5 Å². The number of rotatable bonds is 7. The Bertz CT molecular complexity index is 528. The molecule has 0 heterocycles. The first-order valence-corrected chi connectivity index (χ1v) is 8.52. The lowest BCUT2D eigenvalue weighted by atomic mass is 10.2. The molecular formula is C13H18ClNO3S. The molecule has 6 heteroatoms. The van der Waals surface area contributed by atoms with Crippen LogP contribution in [0.5, 0.6) is 0 Å². The van der Waals surface area contributed by atoms with Gasteiger partial charge in [0.05, 0.1) is 4.90 Å². The first-order valence-electron chi connectivity index (χ1n) is 6.09. The maximum Gasteiger partial charge on any atom is 0.251 e. The highest BCUT2D eigenvalue weighted by Gasteiger charge is 2.11. The number of alkyl halides is 1. The molecule has 4 nitrogen and oxygen atoms in total. The van der Waals surface area contributed by atoms with E-state index in [1.54, 1.807) is 12.1 Å². The van der Waals surface area contributed by atoms with Crippen molar-refractivity contribution in [1.82, 2.24) is 5.32 Å². The summed E-state index contributed by atoms with van der Waals surface area (Å²) in [6.07, 6.45) is 3.88. The minimum absolute atomic E-state index is 0.155. The van der Waals surface area contributed by atoms with Crippen LogP contribution in [-0.4, -0.2) is 33.0 Å². The SMILES string of the molecule is CS(=O)(=O)c1cccc(C(=O)NCCCCCCl)c1. The zero-order valence-electron chi connectivity index (χ0n) is 10.9. The number of benzene rings is 1. The van der Waals surface area contributed by atoms with Crippen molar-refractivity contribution in [3.05, 3.63) is 29.8 Å². The molecule has 0 aromatic heterocycles. The van der Waals surface area contributed by atoms with Crippen molar-refractivity contribution < 1.29 is 13.2 Å². The molecule has 0 atom stereocenters. The maximum absolute atomic E-state index is 11.8. The largest absolute Gasteiger partial charge is 0.352 e. The van der Waals surface area contributed by atoms with Crippen LogP contribution < -0.4 is 5.32 Å². The minimum atomic E-state index is -3.29. The van der Waals surface area contributed by atoms with Crippen LogP contribution in [0.25, 0.3) is 0 Å². The zero-order valence-corrected chi connectivity index (χ0v) is 12.4. The highest BCUT2D eigenvalue weighted by Crippen LogP contribution is 2.11. The minimum Gasteiger partial charge on any atom is -0.352 e. The van der Waals surface area contributed by atoms with Gasteiger partial charge in [-0.25, -0.2) is 8.42 Å². The van der Waals surface area contributed by atoms with Gasteiger partial charge in [0.1, 0.15) is 0 Å². The van der Waals surface area contributed by atoms with E-state index in [-0.39, 0.29) is 10.8 Å². The van der Waals surface area contributed by atoms with Gasteiger partial charge in [0.15, 0.2) is 9.84 Å². The lowest BCUT2D eigenvalue weighted by Crippen LogP contribution is -2.24. The fourth-order valence-electron chi connectivity index (χ4n) is 1.57. The van der Waals surface area contributed by atoms with E-state index in [4.69, 9.17) is 11.6 Å². The van der Waals surface area contributed by atoms with Crippen LogP contribution in [0, 0.1) is 0 Å². The number of halogens is 1. The summed E-state index contributed by atoms with van der Waals surface area (Å²) in [6.45, 7) is 0.568. The lowest BCUT2D eigenvalue weighted by molar-refractivity contribution is 0.0953. The van der Waals surface area contributed by atoms with Gasteiger partial charge in [-0.15, -0.1) is 11.6 Å². The monoisotopic (exact) mass is 303 g/mol. The topological polar surface area (TPSA) is 63.2 Å². The average Bonchev–Trinajstić information content (AvgIpc) is 2.37. The second kappa shape index (κ2) is 7.50. The summed E-state index contributed by atoms with van der Waals surface area (Å²) < 4.78 is 22.8. The fraction of sp³-hybridized carbons (Fsp3) is 0.462. The average molecular weight is 304 g/mol. The number of sulfone groups is 1. The Morgan fingerprint density at radius 3 is 2.63 bits per heavy atom. The van der Waals surface area contributed by atoms with Crippen molar-refractivity contribution in [1.29, 1.82) is 0 Å². The molecule has 0 saturated heterocycles. The number of carbonyl (C=O) groups excluding carboxylic acids is 1. The van der Waals surface area contributed by atoms with E-state index in [9.17, 15) is 13.2 Å². The number of hydrogen-bond acceptors (Lipinski definition) is 3. The van der Waals surface area contributed by atoms with Crippen molar-refractivity contribution in [3.8, 4) is 0 Å². The third-order valence-corrected chi connectivity index (χ3v) is 4.00. The second-order valence-corrected chi connectivity index (χ2v) is 6.70. The van der Waals surface area contributed by atoms with Gasteiger partial charge < -0.3 is 5.32 Å². The fourth-order valence-corrected chi connectivity index (χ4v) is 2.42. The normalized spacial score (nSPS) is 11.3. The Morgan fingerprint density at radius 1 is 1.26 bits per heavy atom. The van der Waals surface area contributed by atoms with E-state index in [2.05, 4.69) is 5.32 Å². The van der Waals surface area contributed by atoms with E-state index in [1.807, 2.05) is 0 Å². The van der Waals surface area contributed by atoms with E-state index < -0.39 is 9.84 Å². The number of unbranched alkanes of at least 4 members (excludes halogenated alkanes) is 2. The smallest absolute Gasteiger partial charge is 0.251 e. The van der Waals surface area contributed by atoms with Gasteiger partial charge >= 0.3 is 0 Å². The van der Waals surface area contributed by atoms with Gasteiger partial charge in [-0.1, -0.05) is 12.5 Å². The molecular weight excluding hydrogens is 286 g/mol. The maximum atomic E-state index is 11.8. The first kappa shape index (κ1) is 16.0. The highest BCUT2D eigenvalue weighted by molar-refractivity contribution is 7.90. The molecule has 1 amide bonds. The van der Waals surface area contributed by atoms with Gasteiger partial charge in [-0.2, -0.15) is 0 Å². The Labute approximate surface area is 119 Å². The van der Waals surface area contributed by atoms with Crippen LogP contribution >= 0.6 is 11.6 Å². The van der Waals surface area contributed by atoms with E-state index >= 15 is 0 Å². The van der Waals surface area contributed by atoms with Crippen LogP contribution in [-0.2, 0) is 9.84 Å². The predicted octanol–water partition coefficient (Wildman–Crippen LogP) is 2.23. The predicted molar refractivity (Wildman–Crippen MR) is 76.5 cm³/mol. The molecule has 0 aliphatic heterocycles. The Kier molecular flexibility index (Phi) is 6.31. The van der Waals surface area contributed by atoms with Crippen molar-refractivity contribution >= 4 is 27.3 Å². The van der Waals surface area contributed by atoms with Crippen molar-refractivity contribution in [2.75, 3.05) is 18.7 Å². The quantitative estimate of drug-likeness (QED) is 0.620. The number of carbonyl (C=O) groups is 1. The third-order valence-electron chi connectivity index (χ3n) is 2.62. The van der Waals surface area contributed by atoms with Crippen LogP contribution in [0.1, 0.15) is 29.6 Å². The standard InChI is InChI=1S/C13H18ClNO3S/c1-19(17,18)12-7-5-6-11(10-12)13(16)15-9-4-2-3-8-14/h5-7,10H,2-4,8-9H2,1H3,(H,15,16). The summed E-state index contributed by atoms with van der Waals surface area (Å²) in [5.41, 5.74) is 0.361. The molecule has 0 unspecified atom stereocenters. The van der Waals surface area contributed by atoms with Crippen LogP contribution in [0.3, 0.4) is 0 Å². The molecule has 0 aliphatic rings. The summed E-state index contributed by atoms with van der Waals surface area (Å²) >= 11 is 5.55. The van der Waals surface area contributed by atoms with Gasteiger partial charge in [-0.3, -0.25) is 4.79 Å². The van der Waals surface area contributed by atoms with Crippen molar-refractivity contribution in [3.63, 3.8) is 0 Å². The molecule has 19 heavy (non-hydrogen) atoms. The molecule has 0 fully saturated rings. The van der Waals surface area contributed by atoms with Crippen LogP contribution in [0.15, 0.2) is 29.2 Å². The molecule has 106 valence electrons. The Hall–Kier alpha value is -1.07. The molecule has 0 radical (unpaired) electrons. The summed E-state index contributed by atoms with van der Waals surface area (Å²) in [4.78, 5) is 12.0. The molecule has 0 aliphatic carbocycles. The van der Waals surface area contributed by atoms with E-state index in [0.29, 0.717) is 18.0 Å². The Balaban J connectivity index is 2.58. The van der Waals surface area contributed by atoms with Gasteiger partial charge in [-0.05, 0) is 31.0 Å². The summed E-state index contributed by atoms with van der Waals surface area (Å²) in [5, 5.41) is 2.76. The van der Waals surface area contributed by atoms with Crippen LogP contribution in [0.4, 0.5) is 0 Å². The number of nitrogens with one attached hydrogen (secondary N) is 1. The van der Waals surface area contributed by atoms with Gasteiger partial charge in [0.25, 0.3) is 5.91 Å². The van der Waals surface area contributed by atoms with Gasteiger partial charge in [0, 0.05) is 24.2 Å². The lowest BCUT2D eigenvalue weighted by Gasteiger charge is -2.06. The van der Waals surface area contributed by atoms with Gasteiger partial charge in [0.2, 0.25) is 0 Å². The van der Waals surface area contributed by atoms with Crippen molar-refractivity contribution in [2.24, 2.45) is 0 Å². The van der Waals surface area contributed by atoms with E-state index in [1.165, 1.54) is 12.1 Å². The molecule has 1 N–H and O–H groups in total. The number of hydrogen-bond donors (Lipinski definition) is 1. The zero-order chi connectivity index (χ0) is 14.3. The summed E-state index contributed by atoms with van der Waals surface area (Å²) in [6, 6.07) is 6.04. The third kappa shape index (κ3) is 5.61. The summed E-state index contributed by atoms with van der Waals surface area (Å²) in [7, 11) is -3.29. The van der Waals surface area contributed by atoms with Crippen molar-refractivity contribution in [2.45, 2.75) is 24.2 Å². The molecule has 1 rings (SSSR count). The summed E-state index contributed by atoms with van der Waals surface area (Å²) in [5.74, 6) is 0.376. The first-order chi connectivity index (χ1) is 8.95. The molecule has 1 aromatic carbocycles.